The van der Waals surface area contributed by atoms with Crippen LogP contribution in [-0.4, -0.2) is 4.68 Å². The van der Waals surface area contributed by atoms with Crippen LogP contribution in [0.25, 0.3) is 49.1 Å². The monoisotopic (exact) mass is 465 g/mol. The van der Waals surface area contributed by atoms with Crippen molar-refractivity contribution in [3.8, 4) is 0 Å². The van der Waals surface area contributed by atoms with Gasteiger partial charge in [0, 0.05) is 27.6 Å². The first kappa shape index (κ1) is 19.9. The molecule has 1 fully saturated rings. The molecule has 1 saturated heterocycles. The van der Waals surface area contributed by atoms with Crippen LogP contribution in [0.4, 0.5) is 0 Å². The van der Waals surface area contributed by atoms with Crippen molar-refractivity contribution in [2.45, 2.75) is 12.3 Å². The minimum atomic E-state index is 0.00165. The highest BCUT2D eigenvalue weighted by molar-refractivity contribution is 6.16. The van der Waals surface area contributed by atoms with Gasteiger partial charge in [0.1, 0.15) is 22.2 Å². The van der Waals surface area contributed by atoms with Gasteiger partial charge in [-0.1, -0.05) is 97.1 Å². The Morgan fingerprint density at radius 2 is 1.14 bits per heavy atom. The molecule has 2 atom stereocenters. The number of hydrogen-bond donors (Lipinski definition) is 1. The molecule has 0 aliphatic carbocycles. The average molecular weight is 466 g/mol. The van der Waals surface area contributed by atoms with Crippen LogP contribution in [0.3, 0.4) is 0 Å². The van der Waals surface area contributed by atoms with E-state index in [1.165, 1.54) is 32.4 Å². The highest BCUT2D eigenvalue weighted by Crippen LogP contribution is 2.39. The quantitative estimate of drug-likeness (QED) is 0.296. The summed E-state index contributed by atoms with van der Waals surface area (Å²) in [6.07, 6.45) is 0.00330. The molecule has 1 aliphatic rings. The number of nitrogens with zero attached hydrogens (tertiary/aromatic N) is 2. The summed E-state index contributed by atoms with van der Waals surface area (Å²) in [6, 6.07) is 42.8. The van der Waals surface area contributed by atoms with Crippen LogP contribution in [0.5, 0.6) is 0 Å². The fraction of sp³-hybridized carbons (Fsp3) is 0.0625. The summed E-state index contributed by atoms with van der Waals surface area (Å²) in [7, 11) is 0. The van der Waals surface area contributed by atoms with Crippen LogP contribution in [0.15, 0.2) is 126 Å². The van der Waals surface area contributed by atoms with Crippen LogP contribution < -0.4 is 5.01 Å². The molecule has 5 aromatic carbocycles. The molecule has 0 saturated carbocycles. The van der Waals surface area contributed by atoms with Gasteiger partial charge in [0.25, 0.3) is 0 Å². The molecule has 3 heterocycles. The zero-order chi connectivity index (χ0) is 23.6. The third-order valence-electron chi connectivity index (χ3n) is 7.52. The van der Waals surface area contributed by atoms with E-state index in [0.717, 1.165) is 27.5 Å². The van der Waals surface area contributed by atoms with E-state index < -0.39 is 0 Å². The standard InChI is InChI=1S/C32H22N3O/c1-3-11-21(12-4-1)31-33-32(22-13-5-2-6-14-22)35(31)34-27-17-9-7-15-23(27)25-19-26-24-16-8-10-18-29(24)36-30(26)20-28(25)34/h1-20,31-32H/q-1/p+1. The van der Waals surface area contributed by atoms with Gasteiger partial charge in [-0.2, -0.15) is 4.68 Å². The van der Waals surface area contributed by atoms with Crippen molar-refractivity contribution in [1.29, 1.82) is 0 Å². The van der Waals surface area contributed by atoms with Crippen LogP contribution in [0.1, 0.15) is 23.5 Å². The maximum atomic E-state index is 6.32. The van der Waals surface area contributed by atoms with Gasteiger partial charge in [-0.3, -0.25) is 0 Å². The Hall–Kier alpha value is -4.38. The summed E-state index contributed by atoms with van der Waals surface area (Å²) in [5.41, 5.74) is 6.64. The van der Waals surface area contributed by atoms with Crippen molar-refractivity contribution in [2.75, 3.05) is 0 Å². The Labute approximate surface area is 207 Å². The average Bonchev–Trinajstić information content (AvgIpc) is 3.44. The molecule has 7 aromatic rings. The Bertz CT molecular complexity index is 1840. The maximum Gasteiger partial charge on any atom is 0.137 e. The normalized spacial score (nSPS) is 19.8. The zero-order valence-electron chi connectivity index (χ0n) is 19.5. The van der Waals surface area contributed by atoms with Crippen molar-refractivity contribution in [2.24, 2.45) is 0 Å². The second kappa shape index (κ2) is 7.56. The first-order valence-electron chi connectivity index (χ1n) is 12.4. The highest BCUT2D eigenvalue weighted by Gasteiger charge is 2.37. The smallest absolute Gasteiger partial charge is 0.137 e. The second-order valence-electron chi connectivity index (χ2n) is 9.52. The number of aromatic nitrogens is 1. The topological polar surface area (TPSA) is 36.6 Å². The van der Waals surface area contributed by atoms with E-state index in [9.17, 15) is 0 Å². The van der Waals surface area contributed by atoms with Crippen molar-refractivity contribution in [3.63, 3.8) is 0 Å². The lowest BCUT2D eigenvalue weighted by Gasteiger charge is -2.57. The van der Waals surface area contributed by atoms with Crippen molar-refractivity contribution < 1.29 is 9.43 Å². The molecule has 0 amide bonds. The summed E-state index contributed by atoms with van der Waals surface area (Å²) in [5.74, 6) is 0. The van der Waals surface area contributed by atoms with E-state index in [-0.39, 0.29) is 12.3 Å². The number of benzene rings is 5. The number of fused-ring (bicyclic) bond motifs is 6. The molecule has 2 unspecified atom stereocenters. The summed E-state index contributed by atoms with van der Waals surface area (Å²) < 4.78 is 8.76. The van der Waals surface area contributed by atoms with E-state index in [1.807, 2.05) is 12.1 Å². The molecule has 0 spiro atoms. The number of rotatable bonds is 3. The van der Waals surface area contributed by atoms with E-state index in [1.54, 1.807) is 0 Å². The summed E-state index contributed by atoms with van der Waals surface area (Å²) in [4.78, 5) is 0. The lowest BCUT2D eigenvalue weighted by atomic mass is 10.0. The minimum absolute atomic E-state index is 0.00165. The molecule has 1 aliphatic heterocycles. The number of hydrogen-bond acceptors (Lipinski definition) is 1. The van der Waals surface area contributed by atoms with Gasteiger partial charge >= 0.3 is 0 Å². The van der Waals surface area contributed by atoms with Crippen LogP contribution in [0, 0.1) is 0 Å². The maximum absolute atomic E-state index is 6.32. The van der Waals surface area contributed by atoms with Gasteiger partial charge in [-0.05, 0) is 29.3 Å². The molecule has 4 heteroatoms. The van der Waals surface area contributed by atoms with E-state index in [0.29, 0.717) is 0 Å². The molecule has 172 valence electrons. The van der Waals surface area contributed by atoms with Crippen LogP contribution in [0.2, 0.25) is 0 Å². The predicted octanol–water partition coefficient (Wildman–Crippen LogP) is 7.13. The van der Waals surface area contributed by atoms with Crippen LogP contribution >= 0.6 is 0 Å². The van der Waals surface area contributed by atoms with E-state index in [4.69, 9.17) is 9.73 Å². The summed E-state index contributed by atoms with van der Waals surface area (Å²) in [5, 5.41) is 11.3. The Morgan fingerprint density at radius 3 is 1.86 bits per heavy atom. The summed E-state index contributed by atoms with van der Waals surface area (Å²) in [6.45, 7) is 0. The van der Waals surface area contributed by atoms with E-state index in [2.05, 4.69) is 114 Å². The largest absolute Gasteiger partial charge is 0.545 e. The lowest BCUT2D eigenvalue weighted by molar-refractivity contribution is -1.02. The number of para-hydroxylation sites is 2. The first-order chi connectivity index (χ1) is 17.9. The van der Waals surface area contributed by atoms with Gasteiger partial charge in [0.15, 0.2) is 0 Å². The number of nitrogens with one attached hydrogen (secondary N) is 1. The Balaban J connectivity index is 1.43. The van der Waals surface area contributed by atoms with Gasteiger partial charge in [-0.15, -0.1) is 0 Å². The molecule has 1 N–H and O–H groups in total. The molecular formula is C32H23N3O. The SMILES string of the molecule is c1ccc(C2[N-]C(c3ccccc3)[NH+]2n2c3ccccc3c3cc4c(cc32)oc2ccccc24)cc1. The number of furan rings is 1. The molecule has 0 radical (unpaired) electrons. The summed E-state index contributed by atoms with van der Waals surface area (Å²) >= 11 is 0. The predicted molar refractivity (Wildman–Crippen MR) is 145 cm³/mol. The third kappa shape index (κ3) is 2.77. The van der Waals surface area contributed by atoms with Crippen molar-refractivity contribution in [3.05, 3.63) is 138 Å². The fourth-order valence-electron chi connectivity index (χ4n) is 5.86. The van der Waals surface area contributed by atoms with Gasteiger partial charge in [0.2, 0.25) is 0 Å². The van der Waals surface area contributed by atoms with Gasteiger partial charge in [0.05, 0.1) is 12.3 Å². The van der Waals surface area contributed by atoms with Gasteiger partial charge < -0.3 is 9.73 Å². The minimum Gasteiger partial charge on any atom is -0.545 e. The molecule has 8 rings (SSSR count). The third-order valence-corrected chi connectivity index (χ3v) is 7.52. The van der Waals surface area contributed by atoms with Crippen molar-refractivity contribution in [1.82, 2.24) is 4.68 Å². The van der Waals surface area contributed by atoms with Crippen LogP contribution in [-0.2, 0) is 0 Å². The highest BCUT2D eigenvalue weighted by atomic mass is 16.3. The molecule has 4 nitrogen and oxygen atoms in total. The molecule has 36 heavy (non-hydrogen) atoms. The zero-order valence-corrected chi connectivity index (χ0v) is 19.5. The fourth-order valence-corrected chi connectivity index (χ4v) is 5.86. The Kier molecular flexibility index (Phi) is 4.17. The molecular weight excluding hydrogens is 442 g/mol. The Morgan fingerprint density at radius 1 is 0.528 bits per heavy atom. The van der Waals surface area contributed by atoms with Crippen molar-refractivity contribution >= 4 is 43.7 Å². The number of quaternary nitrogens is 1. The second-order valence-corrected chi connectivity index (χ2v) is 9.52. The van der Waals surface area contributed by atoms with E-state index >= 15 is 0 Å². The molecule has 2 aromatic heterocycles. The molecule has 0 bridgehead atoms. The first-order valence-corrected chi connectivity index (χ1v) is 12.4. The van der Waals surface area contributed by atoms with Gasteiger partial charge in [-0.25, -0.2) is 5.01 Å². The lowest BCUT2D eigenvalue weighted by Crippen LogP contribution is -3.19.